The van der Waals surface area contributed by atoms with Crippen molar-refractivity contribution in [2.45, 2.75) is 117 Å². The number of pyridine rings is 1. The predicted molar refractivity (Wildman–Crippen MR) is 245 cm³/mol. The molecule has 7 rings (SSSR count). The van der Waals surface area contributed by atoms with Gasteiger partial charge in [-0.2, -0.15) is 4.37 Å². The molecular formula is C48H62N8O7S. The predicted octanol–water partition coefficient (Wildman–Crippen LogP) is 6.25. The van der Waals surface area contributed by atoms with Gasteiger partial charge in [-0.3, -0.25) is 34.0 Å². The van der Waals surface area contributed by atoms with Crippen LogP contribution < -0.4 is 10.7 Å². The minimum atomic E-state index is -1.14. The number of esters is 1. The van der Waals surface area contributed by atoms with E-state index in [1.807, 2.05) is 32.9 Å². The summed E-state index contributed by atoms with van der Waals surface area (Å²) in [5.74, 6) is -2.34. The number of rotatable bonds is 11. The van der Waals surface area contributed by atoms with Crippen molar-refractivity contribution in [2.75, 3.05) is 27.3 Å². The number of nitrogens with one attached hydrogen (secondary N) is 2. The summed E-state index contributed by atoms with van der Waals surface area (Å²) in [5.41, 5.74) is 8.37. The number of fused-ring (bicyclic) bond motifs is 6. The molecule has 3 aliphatic rings. The Labute approximate surface area is 379 Å². The number of benzene rings is 1. The molecule has 1 aliphatic carbocycles. The number of cyclic esters (lactones) is 1. The minimum absolute atomic E-state index is 0.0374. The number of allylic oxidation sites excluding steroid dienone is 1. The molecule has 0 radical (unpaired) electrons. The Hall–Kier alpha value is -5.32. The molecule has 3 amide bonds. The molecule has 15 nitrogen and oxygen atoms in total. The lowest BCUT2D eigenvalue weighted by atomic mass is 9.84. The SMILES string of the molecule is C=CC(=O)C1CC[C@H](C(=O)N(C)C(C(=O)N[C@H]2Cc3nsc(n3)-c3ccc4c(c3)c(c(-c3cccnc3[C@H](C)OC)n4CC)CC(C)(C)COC(=O)[C@@H]3CCCN(N3)C2=O)C(C)C)C1. The van der Waals surface area contributed by atoms with Gasteiger partial charge in [-0.1, -0.05) is 34.3 Å². The summed E-state index contributed by atoms with van der Waals surface area (Å²) in [4.78, 5) is 80.3. The van der Waals surface area contributed by atoms with Crippen molar-refractivity contribution in [1.29, 1.82) is 0 Å². The Bertz CT molecular complexity index is 2420. The van der Waals surface area contributed by atoms with Crippen LogP contribution in [0.1, 0.15) is 96.8 Å². The third kappa shape index (κ3) is 9.55. The zero-order valence-corrected chi connectivity index (χ0v) is 39.1. The van der Waals surface area contributed by atoms with Crippen LogP contribution in [0.15, 0.2) is 49.2 Å². The van der Waals surface area contributed by atoms with Crippen molar-refractivity contribution in [3.63, 3.8) is 0 Å². The summed E-state index contributed by atoms with van der Waals surface area (Å²) in [5, 5.41) is 6.05. The van der Waals surface area contributed by atoms with E-state index < -0.39 is 47.2 Å². The average Bonchev–Trinajstić information content (AvgIpc) is 4.05. The molecule has 2 N–H and O–H groups in total. The number of hydrogen-bond acceptors (Lipinski definition) is 12. The van der Waals surface area contributed by atoms with Crippen LogP contribution in [-0.4, -0.2) is 104 Å². The second-order valence-electron chi connectivity index (χ2n) is 18.6. The van der Waals surface area contributed by atoms with Crippen molar-refractivity contribution in [1.82, 2.24) is 39.6 Å². The number of ether oxygens (including phenoxy) is 2. The largest absolute Gasteiger partial charge is 0.464 e. The van der Waals surface area contributed by atoms with E-state index in [9.17, 15) is 24.0 Å². The summed E-state index contributed by atoms with van der Waals surface area (Å²) in [6.07, 6.45) is 5.87. The lowest BCUT2D eigenvalue weighted by Gasteiger charge is -2.36. The van der Waals surface area contributed by atoms with Crippen molar-refractivity contribution in [3.05, 3.63) is 66.3 Å². The first-order valence-electron chi connectivity index (χ1n) is 22.5. The van der Waals surface area contributed by atoms with Crippen LogP contribution >= 0.6 is 11.5 Å². The van der Waals surface area contributed by atoms with Crippen LogP contribution in [0.2, 0.25) is 0 Å². The number of ketones is 1. The second kappa shape index (κ2) is 19.4. The number of methoxy groups -OCH3 is 1. The van der Waals surface area contributed by atoms with Gasteiger partial charge in [-0.25, -0.2) is 10.4 Å². The summed E-state index contributed by atoms with van der Waals surface area (Å²) in [6, 6.07) is 7.44. The Morgan fingerprint density at radius 2 is 1.91 bits per heavy atom. The third-order valence-electron chi connectivity index (χ3n) is 13.1. The Balaban J connectivity index is 1.27. The van der Waals surface area contributed by atoms with Gasteiger partial charge in [0, 0.05) is 79.1 Å². The molecule has 5 heterocycles. The van der Waals surface area contributed by atoms with Crippen LogP contribution in [0, 0.1) is 23.2 Å². The van der Waals surface area contributed by atoms with Gasteiger partial charge in [-0.05, 0) is 112 Å². The number of likely N-dealkylation sites (N-methyl/N-ethyl adjacent to an activating group) is 1. The molecule has 6 atom stereocenters. The number of hydrazine groups is 1. The van der Waals surface area contributed by atoms with E-state index in [-0.39, 0.29) is 42.7 Å². The fourth-order valence-electron chi connectivity index (χ4n) is 9.70. The van der Waals surface area contributed by atoms with Gasteiger partial charge in [0.25, 0.3) is 5.91 Å². The molecule has 2 aliphatic heterocycles. The molecule has 1 aromatic carbocycles. The fraction of sp³-hybridized carbons (Fsp3) is 0.542. The van der Waals surface area contributed by atoms with E-state index in [1.165, 1.54) is 27.5 Å². The average molecular weight is 895 g/mol. The zero-order valence-electron chi connectivity index (χ0n) is 38.3. The molecule has 16 heteroatoms. The number of amides is 3. The van der Waals surface area contributed by atoms with Gasteiger partial charge >= 0.3 is 5.97 Å². The topological polar surface area (TPSA) is 178 Å². The van der Waals surface area contributed by atoms with Gasteiger partial charge in [-0.15, -0.1) is 0 Å². The molecule has 0 spiro atoms. The maximum atomic E-state index is 14.6. The number of hydrogen-bond donors (Lipinski definition) is 2. The third-order valence-corrected chi connectivity index (χ3v) is 13.9. The highest BCUT2D eigenvalue weighted by Gasteiger charge is 2.41. The Morgan fingerprint density at radius 1 is 1.14 bits per heavy atom. The summed E-state index contributed by atoms with van der Waals surface area (Å²) < 4.78 is 18.9. The molecule has 3 aromatic heterocycles. The van der Waals surface area contributed by atoms with Crippen LogP contribution in [0.4, 0.5) is 0 Å². The molecule has 64 heavy (non-hydrogen) atoms. The van der Waals surface area contributed by atoms with E-state index in [1.54, 1.807) is 20.4 Å². The normalized spacial score (nSPS) is 22.4. The van der Waals surface area contributed by atoms with Crippen molar-refractivity contribution in [2.24, 2.45) is 23.2 Å². The molecule has 1 saturated heterocycles. The molecule has 2 unspecified atom stereocenters. The zero-order chi connectivity index (χ0) is 46.0. The highest BCUT2D eigenvalue weighted by molar-refractivity contribution is 7.09. The summed E-state index contributed by atoms with van der Waals surface area (Å²) in [7, 11) is 3.28. The quantitative estimate of drug-likeness (QED) is 0.129. The summed E-state index contributed by atoms with van der Waals surface area (Å²) in [6.45, 7) is 16.7. The Kier molecular flexibility index (Phi) is 14.2. The maximum absolute atomic E-state index is 14.6. The summed E-state index contributed by atoms with van der Waals surface area (Å²) >= 11 is 1.22. The van der Waals surface area contributed by atoms with Gasteiger partial charge in [0.2, 0.25) is 11.8 Å². The number of nitrogens with zero attached hydrogens (tertiary/aromatic N) is 6. The van der Waals surface area contributed by atoms with Crippen molar-refractivity contribution < 1.29 is 33.4 Å². The minimum Gasteiger partial charge on any atom is -0.464 e. The first-order chi connectivity index (χ1) is 30.5. The van der Waals surface area contributed by atoms with Crippen molar-refractivity contribution >= 4 is 51.9 Å². The van der Waals surface area contributed by atoms with Gasteiger partial charge in [0.15, 0.2) is 5.78 Å². The maximum Gasteiger partial charge on any atom is 0.324 e. The number of carbonyl (C=O) groups is 5. The molecule has 1 saturated carbocycles. The second-order valence-corrected chi connectivity index (χ2v) is 19.4. The van der Waals surface area contributed by atoms with Crippen LogP contribution in [0.25, 0.3) is 32.7 Å². The van der Waals surface area contributed by atoms with E-state index >= 15 is 0 Å². The standard InChI is InChI=1S/C48H62N8O7S/c1-10-38(57)29-16-17-31(22-29)45(59)54(8)41(27(3)4)43(58)50-36-24-39-51-44(64-53-39)30-18-19-37-33(23-30)34(42(55(37)11-2)32-14-12-20-49-40(32)28(5)62-9)25-48(6,7)26-63-47(61)35-15-13-21-56(52-35)46(36)60/h10,12,14,18-20,23,27-29,31,35-36,41,52H,1,11,13,15-17,21-22,24-26H2,2-9H3,(H,50,58)/t28-,29?,31-,35-,36-,41?/m0/s1. The highest BCUT2D eigenvalue weighted by atomic mass is 32.1. The molecular weight excluding hydrogens is 833 g/mol. The van der Waals surface area contributed by atoms with Gasteiger partial charge in [0.1, 0.15) is 29.0 Å². The molecule has 342 valence electrons. The lowest BCUT2D eigenvalue weighted by molar-refractivity contribution is -0.155. The fourth-order valence-corrected chi connectivity index (χ4v) is 10.4. The molecule has 6 bridgehead atoms. The van der Waals surface area contributed by atoms with E-state index in [2.05, 4.69) is 60.9 Å². The first kappa shape index (κ1) is 46.7. The highest BCUT2D eigenvalue weighted by Crippen LogP contribution is 2.42. The first-order valence-corrected chi connectivity index (χ1v) is 23.3. The van der Waals surface area contributed by atoms with Crippen LogP contribution in [0.3, 0.4) is 0 Å². The lowest BCUT2D eigenvalue weighted by Crippen LogP contribution is -2.62. The number of aromatic nitrogens is 4. The van der Waals surface area contributed by atoms with E-state index in [4.69, 9.17) is 23.8 Å². The Morgan fingerprint density at radius 3 is 2.62 bits per heavy atom. The van der Waals surface area contributed by atoms with E-state index in [0.29, 0.717) is 62.4 Å². The number of aryl methyl sites for hydroxylation is 1. The van der Waals surface area contributed by atoms with E-state index in [0.717, 1.165) is 39.0 Å². The van der Waals surface area contributed by atoms with Gasteiger partial charge in [0.05, 0.1) is 24.1 Å². The monoisotopic (exact) mass is 894 g/mol. The smallest absolute Gasteiger partial charge is 0.324 e. The number of carbonyl (C=O) groups excluding carboxylic acids is 5. The molecule has 4 aromatic rings. The van der Waals surface area contributed by atoms with Crippen LogP contribution in [0.5, 0.6) is 0 Å². The van der Waals surface area contributed by atoms with Gasteiger partial charge < -0.3 is 24.3 Å². The molecule has 2 fully saturated rings. The van der Waals surface area contributed by atoms with Crippen molar-refractivity contribution in [3.8, 4) is 21.8 Å². The van der Waals surface area contributed by atoms with Crippen LogP contribution in [-0.2, 0) is 52.8 Å².